The molecule has 0 aliphatic heterocycles. The summed E-state index contributed by atoms with van der Waals surface area (Å²) in [7, 11) is 0. The van der Waals surface area contributed by atoms with Gasteiger partial charge in [-0.05, 0) is 12.1 Å². The minimum Gasteiger partial charge on any atom is -0.434 e. The molecule has 2 aromatic rings. The summed E-state index contributed by atoms with van der Waals surface area (Å²) < 4.78 is 43.8. The number of aromatic nitrogens is 2. The summed E-state index contributed by atoms with van der Waals surface area (Å²) in [4.78, 5) is 0. The molecule has 0 saturated carbocycles. The van der Waals surface area contributed by atoms with Gasteiger partial charge in [-0.25, -0.2) is 4.39 Å². The highest BCUT2D eigenvalue weighted by Gasteiger charge is 2.15. The van der Waals surface area contributed by atoms with Crippen LogP contribution in [0.5, 0.6) is 5.75 Å². The number of hydrogen-bond acceptors (Lipinski definition) is 3. The van der Waals surface area contributed by atoms with Crippen molar-refractivity contribution in [2.75, 3.05) is 0 Å². The van der Waals surface area contributed by atoms with Gasteiger partial charge in [0.15, 0.2) is 0 Å². The Kier molecular flexibility index (Phi) is 3.71. The predicted molar refractivity (Wildman–Crippen MR) is 59.1 cm³/mol. The van der Waals surface area contributed by atoms with Gasteiger partial charge in [-0.3, -0.25) is 4.68 Å². The Morgan fingerprint density at radius 3 is 2.79 bits per heavy atom. The van der Waals surface area contributed by atoms with Gasteiger partial charge in [0, 0.05) is 24.0 Å². The molecule has 0 spiro atoms. The van der Waals surface area contributed by atoms with E-state index >= 15 is 0 Å². The monoisotopic (exact) mass is 267 g/mol. The van der Waals surface area contributed by atoms with Gasteiger partial charge in [0.2, 0.25) is 0 Å². The standard InChI is InChI=1S/C12H8F3N3O/c13-10-4-9(7-18-3-1-2-17-18)11(19-12(14)15)5-8(10)6-16/h1-5,12H,7H2. The minimum atomic E-state index is -3.05. The number of rotatable bonds is 4. The zero-order valence-corrected chi connectivity index (χ0v) is 9.55. The number of benzene rings is 1. The molecule has 1 aromatic heterocycles. The number of nitriles is 1. The number of ether oxygens (including phenoxy) is 1. The molecule has 0 atom stereocenters. The van der Waals surface area contributed by atoms with E-state index in [2.05, 4.69) is 9.84 Å². The second kappa shape index (κ2) is 5.44. The van der Waals surface area contributed by atoms with Crippen LogP contribution < -0.4 is 4.74 Å². The van der Waals surface area contributed by atoms with Gasteiger partial charge in [0.05, 0.1) is 12.1 Å². The second-order valence-electron chi connectivity index (χ2n) is 3.63. The maximum absolute atomic E-state index is 13.5. The van der Waals surface area contributed by atoms with Crippen molar-refractivity contribution in [3.05, 3.63) is 47.5 Å². The lowest BCUT2D eigenvalue weighted by atomic mass is 10.1. The number of hydrogen-bond donors (Lipinski definition) is 0. The fourth-order valence-corrected chi connectivity index (χ4v) is 1.58. The first-order valence-electron chi connectivity index (χ1n) is 5.25. The fourth-order valence-electron chi connectivity index (χ4n) is 1.58. The SMILES string of the molecule is N#Cc1cc(OC(F)F)c(Cn2cccn2)cc1F. The van der Waals surface area contributed by atoms with Crippen LogP contribution in [0, 0.1) is 17.1 Å². The summed E-state index contributed by atoms with van der Waals surface area (Å²) in [6, 6.07) is 5.18. The van der Waals surface area contributed by atoms with E-state index in [9.17, 15) is 13.2 Å². The highest BCUT2D eigenvalue weighted by molar-refractivity contribution is 5.43. The summed E-state index contributed by atoms with van der Waals surface area (Å²) in [5, 5.41) is 12.6. The molecular weight excluding hydrogens is 259 g/mol. The maximum atomic E-state index is 13.5. The first-order valence-corrected chi connectivity index (χ1v) is 5.25. The Bertz CT molecular complexity index is 605. The molecule has 7 heteroatoms. The van der Waals surface area contributed by atoms with E-state index in [1.165, 1.54) is 10.9 Å². The van der Waals surface area contributed by atoms with Crippen molar-refractivity contribution < 1.29 is 17.9 Å². The average Bonchev–Trinajstić information content (AvgIpc) is 2.84. The van der Waals surface area contributed by atoms with Gasteiger partial charge >= 0.3 is 6.61 Å². The van der Waals surface area contributed by atoms with E-state index in [0.29, 0.717) is 0 Å². The summed E-state index contributed by atoms with van der Waals surface area (Å²) in [6.45, 7) is -2.98. The van der Waals surface area contributed by atoms with Crippen molar-refractivity contribution in [1.82, 2.24) is 9.78 Å². The third-order valence-corrected chi connectivity index (χ3v) is 2.38. The molecule has 0 radical (unpaired) electrons. The summed E-state index contributed by atoms with van der Waals surface area (Å²) in [6.07, 6.45) is 3.11. The molecule has 0 aliphatic rings. The molecule has 0 bridgehead atoms. The molecule has 2 rings (SSSR count). The van der Waals surface area contributed by atoms with Crippen molar-refractivity contribution in [3.63, 3.8) is 0 Å². The Balaban J connectivity index is 2.39. The molecule has 0 fully saturated rings. The minimum absolute atomic E-state index is 0.0671. The third-order valence-electron chi connectivity index (χ3n) is 2.38. The molecule has 1 heterocycles. The molecular formula is C12H8F3N3O. The van der Waals surface area contributed by atoms with Crippen molar-refractivity contribution in [1.29, 1.82) is 5.26 Å². The lowest BCUT2D eigenvalue weighted by molar-refractivity contribution is -0.0505. The highest BCUT2D eigenvalue weighted by Crippen LogP contribution is 2.25. The Morgan fingerprint density at radius 2 is 2.21 bits per heavy atom. The number of halogens is 3. The quantitative estimate of drug-likeness (QED) is 0.855. The molecule has 98 valence electrons. The highest BCUT2D eigenvalue weighted by atomic mass is 19.3. The molecule has 0 N–H and O–H groups in total. The molecule has 19 heavy (non-hydrogen) atoms. The largest absolute Gasteiger partial charge is 0.434 e. The first kappa shape index (κ1) is 13.0. The van der Waals surface area contributed by atoms with E-state index in [1.54, 1.807) is 18.3 Å². The van der Waals surface area contributed by atoms with Gasteiger partial charge < -0.3 is 4.74 Å². The first-order chi connectivity index (χ1) is 9.10. The van der Waals surface area contributed by atoms with Gasteiger partial charge in [0.25, 0.3) is 0 Å². The number of nitrogens with zero attached hydrogens (tertiary/aromatic N) is 3. The van der Waals surface area contributed by atoms with Crippen molar-refractivity contribution >= 4 is 0 Å². The Labute approximate surface area is 106 Å². The second-order valence-corrected chi connectivity index (χ2v) is 3.63. The van der Waals surface area contributed by atoms with Gasteiger partial charge in [-0.1, -0.05) is 0 Å². The molecule has 0 aliphatic carbocycles. The van der Waals surface area contributed by atoms with E-state index in [0.717, 1.165) is 12.1 Å². The predicted octanol–water partition coefficient (Wildman–Crippen LogP) is 2.54. The van der Waals surface area contributed by atoms with Gasteiger partial charge in [-0.15, -0.1) is 0 Å². The summed E-state index contributed by atoms with van der Waals surface area (Å²) in [5.41, 5.74) is -0.166. The average molecular weight is 267 g/mol. The van der Waals surface area contributed by atoms with Crippen molar-refractivity contribution in [2.24, 2.45) is 0 Å². The Hall–Kier alpha value is -2.49. The molecule has 0 unspecified atom stereocenters. The Morgan fingerprint density at radius 1 is 1.42 bits per heavy atom. The molecule has 4 nitrogen and oxygen atoms in total. The lowest BCUT2D eigenvalue weighted by Gasteiger charge is -2.11. The third kappa shape index (κ3) is 3.04. The van der Waals surface area contributed by atoms with E-state index in [-0.39, 0.29) is 23.4 Å². The zero-order valence-electron chi connectivity index (χ0n) is 9.55. The van der Waals surface area contributed by atoms with Crippen LogP contribution >= 0.6 is 0 Å². The van der Waals surface area contributed by atoms with Crippen LogP contribution in [0.1, 0.15) is 11.1 Å². The lowest BCUT2D eigenvalue weighted by Crippen LogP contribution is -2.08. The van der Waals surface area contributed by atoms with Crippen molar-refractivity contribution in [2.45, 2.75) is 13.2 Å². The van der Waals surface area contributed by atoms with E-state index in [4.69, 9.17) is 5.26 Å². The topological polar surface area (TPSA) is 50.8 Å². The molecule has 0 saturated heterocycles. The van der Waals surface area contributed by atoms with Crippen LogP contribution in [0.4, 0.5) is 13.2 Å². The van der Waals surface area contributed by atoms with Crippen LogP contribution in [0.25, 0.3) is 0 Å². The molecule has 1 aromatic carbocycles. The summed E-state index contributed by atoms with van der Waals surface area (Å²) >= 11 is 0. The fraction of sp³-hybridized carbons (Fsp3) is 0.167. The zero-order chi connectivity index (χ0) is 13.8. The maximum Gasteiger partial charge on any atom is 0.387 e. The van der Waals surface area contributed by atoms with E-state index in [1.807, 2.05) is 0 Å². The van der Waals surface area contributed by atoms with Crippen molar-refractivity contribution in [3.8, 4) is 11.8 Å². The molecule has 0 amide bonds. The van der Waals surface area contributed by atoms with Gasteiger partial charge in [-0.2, -0.15) is 19.1 Å². The number of alkyl halides is 2. The normalized spacial score (nSPS) is 10.5. The van der Waals surface area contributed by atoms with Crippen LogP contribution in [0.15, 0.2) is 30.6 Å². The van der Waals surface area contributed by atoms with Crippen LogP contribution in [-0.2, 0) is 6.54 Å². The van der Waals surface area contributed by atoms with Gasteiger partial charge in [0.1, 0.15) is 17.6 Å². The smallest absolute Gasteiger partial charge is 0.387 e. The summed E-state index contributed by atoms with van der Waals surface area (Å²) in [5.74, 6) is -1.02. The van der Waals surface area contributed by atoms with Crippen LogP contribution in [-0.4, -0.2) is 16.4 Å². The van der Waals surface area contributed by atoms with Crippen LogP contribution in [0.2, 0.25) is 0 Å². The van der Waals surface area contributed by atoms with E-state index < -0.39 is 12.4 Å². The van der Waals surface area contributed by atoms with Crippen LogP contribution in [0.3, 0.4) is 0 Å².